The standard InChI is InChI=1S/C24H15Cl2FN8/c25-18-7-15(3-4-20(18)27)32-22-14(9-28)11-30-24-17(22)6-16(8-19(24)26)33-23(21-12-31-35-34-21)13-2-1-5-29-10-13/h1-8,10-12,23,33H,(H,30,32)(H,31,34,35). The molecule has 3 N–H and O–H groups in total. The second-order valence-corrected chi connectivity index (χ2v) is 8.34. The lowest BCUT2D eigenvalue weighted by molar-refractivity contribution is 0.628. The Morgan fingerprint density at radius 2 is 1.89 bits per heavy atom. The van der Waals surface area contributed by atoms with Crippen LogP contribution in [-0.2, 0) is 0 Å². The molecule has 8 nitrogen and oxygen atoms in total. The van der Waals surface area contributed by atoms with E-state index in [2.05, 4.69) is 42.1 Å². The lowest BCUT2D eigenvalue weighted by Crippen LogP contribution is -2.13. The van der Waals surface area contributed by atoms with Crippen molar-refractivity contribution in [1.82, 2.24) is 25.4 Å². The number of H-pyrrole nitrogens is 1. The Bertz CT molecular complexity index is 1550. The molecule has 5 aromatic rings. The third-order valence-electron chi connectivity index (χ3n) is 5.29. The molecule has 0 amide bonds. The van der Waals surface area contributed by atoms with E-state index in [0.29, 0.717) is 38.7 Å². The average molecular weight is 505 g/mol. The number of pyridine rings is 2. The Morgan fingerprint density at radius 1 is 1.03 bits per heavy atom. The van der Waals surface area contributed by atoms with Crippen molar-refractivity contribution < 1.29 is 4.39 Å². The van der Waals surface area contributed by atoms with Gasteiger partial charge >= 0.3 is 0 Å². The summed E-state index contributed by atoms with van der Waals surface area (Å²) in [6, 6.07) is 13.3. The number of hydrogen-bond acceptors (Lipinski definition) is 7. The first-order chi connectivity index (χ1) is 17.0. The highest BCUT2D eigenvalue weighted by Gasteiger charge is 2.19. The lowest BCUT2D eigenvalue weighted by atomic mass is 10.0. The molecule has 0 aliphatic heterocycles. The van der Waals surface area contributed by atoms with Crippen molar-refractivity contribution in [1.29, 1.82) is 5.26 Å². The maximum Gasteiger partial charge on any atom is 0.141 e. The zero-order chi connectivity index (χ0) is 24.4. The molecule has 0 saturated heterocycles. The van der Waals surface area contributed by atoms with E-state index in [9.17, 15) is 9.65 Å². The van der Waals surface area contributed by atoms with Crippen LogP contribution >= 0.6 is 23.2 Å². The fourth-order valence-corrected chi connectivity index (χ4v) is 4.12. The Hall–Kier alpha value is -4.26. The summed E-state index contributed by atoms with van der Waals surface area (Å²) >= 11 is 12.5. The van der Waals surface area contributed by atoms with Gasteiger partial charge in [-0.05, 0) is 42.0 Å². The molecule has 35 heavy (non-hydrogen) atoms. The van der Waals surface area contributed by atoms with Crippen molar-refractivity contribution in [3.63, 3.8) is 0 Å². The monoisotopic (exact) mass is 504 g/mol. The van der Waals surface area contributed by atoms with Gasteiger partial charge in [0.2, 0.25) is 0 Å². The summed E-state index contributed by atoms with van der Waals surface area (Å²) in [6.45, 7) is 0. The molecule has 11 heteroatoms. The summed E-state index contributed by atoms with van der Waals surface area (Å²) in [7, 11) is 0. The van der Waals surface area contributed by atoms with Gasteiger partial charge in [0.1, 0.15) is 17.6 Å². The highest BCUT2D eigenvalue weighted by molar-refractivity contribution is 6.36. The maximum absolute atomic E-state index is 13.7. The minimum absolute atomic E-state index is 0.0424. The largest absolute Gasteiger partial charge is 0.373 e. The molecule has 1 unspecified atom stereocenters. The number of rotatable bonds is 6. The summed E-state index contributed by atoms with van der Waals surface area (Å²) in [6.07, 6.45) is 6.47. The van der Waals surface area contributed by atoms with Gasteiger partial charge in [-0.15, -0.1) is 0 Å². The van der Waals surface area contributed by atoms with E-state index in [1.807, 2.05) is 18.2 Å². The van der Waals surface area contributed by atoms with Gasteiger partial charge in [-0.3, -0.25) is 9.97 Å². The van der Waals surface area contributed by atoms with Crippen LogP contribution in [0.5, 0.6) is 0 Å². The number of halogens is 3. The van der Waals surface area contributed by atoms with Gasteiger partial charge in [-0.2, -0.15) is 20.7 Å². The van der Waals surface area contributed by atoms with Crippen molar-refractivity contribution in [3.05, 3.63) is 99.9 Å². The zero-order valence-electron chi connectivity index (χ0n) is 17.8. The van der Waals surface area contributed by atoms with Gasteiger partial charge < -0.3 is 10.6 Å². The van der Waals surface area contributed by atoms with Crippen molar-refractivity contribution in [2.75, 3.05) is 10.6 Å². The zero-order valence-corrected chi connectivity index (χ0v) is 19.3. The van der Waals surface area contributed by atoms with Crippen molar-refractivity contribution in [2.45, 2.75) is 6.04 Å². The third-order valence-corrected chi connectivity index (χ3v) is 5.87. The molecule has 0 saturated carbocycles. The number of nitrogens with one attached hydrogen (secondary N) is 3. The van der Waals surface area contributed by atoms with E-state index in [0.717, 1.165) is 5.56 Å². The van der Waals surface area contributed by atoms with Crippen LogP contribution < -0.4 is 10.6 Å². The van der Waals surface area contributed by atoms with Gasteiger partial charge in [-0.1, -0.05) is 29.3 Å². The Balaban J connectivity index is 1.61. The van der Waals surface area contributed by atoms with E-state index < -0.39 is 5.82 Å². The Labute approximate surface area is 208 Å². The number of fused-ring (bicyclic) bond motifs is 1. The summed E-state index contributed by atoms with van der Waals surface area (Å²) in [5, 5.41) is 28.0. The van der Waals surface area contributed by atoms with Gasteiger partial charge in [0.15, 0.2) is 0 Å². The van der Waals surface area contributed by atoms with E-state index in [1.54, 1.807) is 24.7 Å². The molecule has 1 atom stereocenters. The third kappa shape index (κ3) is 4.57. The maximum atomic E-state index is 13.7. The number of aromatic nitrogens is 5. The van der Waals surface area contributed by atoms with Gasteiger partial charge in [-0.25, -0.2) is 4.39 Å². The number of nitriles is 1. The molecule has 0 spiro atoms. The van der Waals surface area contributed by atoms with Gasteiger partial charge in [0.05, 0.1) is 39.1 Å². The molecule has 2 aromatic carbocycles. The van der Waals surface area contributed by atoms with Crippen molar-refractivity contribution in [3.8, 4) is 6.07 Å². The fourth-order valence-electron chi connectivity index (χ4n) is 3.67. The molecule has 3 aromatic heterocycles. The molecule has 0 bridgehead atoms. The topological polar surface area (TPSA) is 115 Å². The summed E-state index contributed by atoms with van der Waals surface area (Å²) in [5.74, 6) is -0.541. The Kier molecular flexibility index (Phi) is 6.14. The van der Waals surface area contributed by atoms with Crippen LogP contribution in [0.1, 0.15) is 22.9 Å². The van der Waals surface area contributed by atoms with Crippen LogP contribution in [0.15, 0.2) is 67.3 Å². The highest BCUT2D eigenvalue weighted by atomic mass is 35.5. The highest BCUT2D eigenvalue weighted by Crippen LogP contribution is 2.37. The molecule has 0 radical (unpaired) electrons. The quantitative estimate of drug-likeness (QED) is 0.259. The first-order valence-corrected chi connectivity index (χ1v) is 11.1. The lowest BCUT2D eigenvalue weighted by Gasteiger charge is -2.19. The number of aromatic amines is 1. The first kappa shape index (κ1) is 22.5. The van der Waals surface area contributed by atoms with E-state index >= 15 is 0 Å². The summed E-state index contributed by atoms with van der Waals surface area (Å²) < 4.78 is 13.7. The number of hydrogen-bond donors (Lipinski definition) is 3. The number of nitrogens with zero attached hydrogens (tertiary/aromatic N) is 5. The van der Waals surface area contributed by atoms with Crippen LogP contribution in [-0.4, -0.2) is 25.4 Å². The SMILES string of the molecule is N#Cc1cnc2c(Cl)cc(NC(c3cccnc3)c3cn[nH]n3)cc2c1Nc1ccc(F)c(Cl)c1. The van der Waals surface area contributed by atoms with Crippen LogP contribution in [0.25, 0.3) is 10.9 Å². The predicted octanol–water partition coefficient (Wildman–Crippen LogP) is 6.01. The predicted molar refractivity (Wildman–Crippen MR) is 132 cm³/mol. The molecule has 0 fully saturated rings. The smallest absolute Gasteiger partial charge is 0.141 e. The fraction of sp³-hybridized carbons (Fsp3) is 0.0417. The molecule has 5 rings (SSSR count). The molecule has 172 valence electrons. The van der Waals surface area contributed by atoms with E-state index in [-0.39, 0.29) is 16.6 Å². The second-order valence-electron chi connectivity index (χ2n) is 7.53. The molecular formula is C24H15Cl2FN8. The number of benzene rings is 2. The average Bonchev–Trinajstić information content (AvgIpc) is 3.40. The summed E-state index contributed by atoms with van der Waals surface area (Å²) in [4.78, 5) is 8.57. The minimum Gasteiger partial charge on any atom is -0.373 e. The Morgan fingerprint density at radius 3 is 2.60 bits per heavy atom. The van der Waals surface area contributed by atoms with Crippen molar-refractivity contribution >= 4 is 51.2 Å². The van der Waals surface area contributed by atoms with Gasteiger partial charge in [0.25, 0.3) is 0 Å². The minimum atomic E-state index is -0.541. The van der Waals surface area contributed by atoms with Gasteiger partial charge in [0, 0.05) is 35.4 Å². The number of anilines is 3. The van der Waals surface area contributed by atoms with Crippen LogP contribution in [0.4, 0.5) is 21.5 Å². The summed E-state index contributed by atoms with van der Waals surface area (Å²) in [5.41, 5.74) is 3.91. The van der Waals surface area contributed by atoms with Crippen LogP contribution in [0.3, 0.4) is 0 Å². The van der Waals surface area contributed by atoms with Crippen LogP contribution in [0, 0.1) is 17.1 Å². The molecule has 0 aliphatic rings. The first-order valence-electron chi connectivity index (χ1n) is 10.3. The molecule has 0 aliphatic carbocycles. The van der Waals surface area contributed by atoms with Crippen LogP contribution in [0.2, 0.25) is 10.0 Å². The van der Waals surface area contributed by atoms with E-state index in [4.69, 9.17) is 23.2 Å². The molecular weight excluding hydrogens is 490 g/mol. The normalized spacial score (nSPS) is 11.7. The van der Waals surface area contributed by atoms with Crippen molar-refractivity contribution in [2.24, 2.45) is 0 Å². The second kappa shape index (κ2) is 9.54. The molecule has 3 heterocycles. The van der Waals surface area contributed by atoms with E-state index in [1.165, 1.54) is 24.4 Å².